The smallest absolute Gasteiger partial charge is 0.190 e. The molecule has 0 saturated carbocycles. The zero-order valence-corrected chi connectivity index (χ0v) is 13.7. The van der Waals surface area contributed by atoms with Gasteiger partial charge in [0.15, 0.2) is 5.96 Å². The second kappa shape index (κ2) is 8.92. The van der Waals surface area contributed by atoms with E-state index < -0.39 is 0 Å². The topological polar surface area (TPSA) is 54.2 Å². The molecule has 1 aromatic heterocycles. The van der Waals surface area contributed by atoms with E-state index in [9.17, 15) is 4.39 Å². The SMILES string of the molecule is CN=C(NCCCc1cnn(C)c1)NCCc1cccc(F)c1. The highest BCUT2D eigenvalue weighted by molar-refractivity contribution is 5.79. The second-order valence-electron chi connectivity index (χ2n) is 5.43. The van der Waals surface area contributed by atoms with Crippen molar-refractivity contribution in [2.45, 2.75) is 19.3 Å². The van der Waals surface area contributed by atoms with Gasteiger partial charge in [0.25, 0.3) is 0 Å². The molecule has 0 aliphatic carbocycles. The summed E-state index contributed by atoms with van der Waals surface area (Å²) in [5, 5.41) is 10.7. The van der Waals surface area contributed by atoms with Crippen LogP contribution >= 0.6 is 0 Å². The summed E-state index contributed by atoms with van der Waals surface area (Å²) >= 11 is 0. The minimum Gasteiger partial charge on any atom is -0.356 e. The third kappa shape index (κ3) is 6.10. The van der Waals surface area contributed by atoms with Crippen molar-refractivity contribution in [3.05, 3.63) is 53.6 Å². The summed E-state index contributed by atoms with van der Waals surface area (Å²) in [6.45, 7) is 1.56. The van der Waals surface area contributed by atoms with Gasteiger partial charge in [0.2, 0.25) is 0 Å². The minimum atomic E-state index is -0.194. The molecule has 23 heavy (non-hydrogen) atoms. The van der Waals surface area contributed by atoms with Crippen LogP contribution in [0.3, 0.4) is 0 Å². The van der Waals surface area contributed by atoms with Gasteiger partial charge in [-0.3, -0.25) is 9.67 Å². The molecule has 2 rings (SSSR count). The van der Waals surface area contributed by atoms with Crippen molar-refractivity contribution in [3.63, 3.8) is 0 Å². The van der Waals surface area contributed by atoms with E-state index in [-0.39, 0.29) is 5.82 Å². The van der Waals surface area contributed by atoms with Crippen LogP contribution in [0.5, 0.6) is 0 Å². The molecule has 0 bridgehead atoms. The van der Waals surface area contributed by atoms with Gasteiger partial charge in [0.1, 0.15) is 5.82 Å². The van der Waals surface area contributed by atoms with E-state index in [4.69, 9.17) is 0 Å². The molecule has 0 amide bonds. The Bertz CT molecular complexity index is 635. The molecular weight excluding hydrogens is 293 g/mol. The summed E-state index contributed by atoms with van der Waals surface area (Å²) in [4.78, 5) is 4.19. The molecule has 0 saturated heterocycles. The summed E-state index contributed by atoms with van der Waals surface area (Å²) in [5.41, 5.74) is 2.22. The number of rotatable bonds is 7. The third-order valence-electron chi connectivity index (χ3n) is 3.51. The first-order valence-corrected chi connectivity index (χ1v) is 7.84. The lowest BCUT2D eigenvalue weighted by Gasteiger charge is -2.11. The first kappa shape index (κ1) is 17.0. The fourth-order valence-corrected chi connectivity index (χ4v) is 2.34. The molecule has 0 unspecified atom stereocenters. The highest BCUT2D eigenvalue weighted by Gasteiger charge is 2.00. The summed E-state index contributed by atoms with van der Waals surface area (Å²) < 4.78 is 14.9. The molecule has 1 heterocycles. The number of nitrogens with zero attached hydrogens (tertiary/aromatic N) is 3. The summed E-state index contributed by atoms with van der Waals surface area (Å²) in [6.07, 6.45) is 6.68. The van der Waals surface area contributed by atoms with Gasteiger partial charge < -0.3 is 10.6 Å². The molecule has 2 N–H and O–H groups in total. The van der Waals surface area contributed by atoms with Crippen LogP contribution in [0, 0.1) is 5.82 Å². The largest absolute Gasteiger partial charge is 0.356 e. The van der Waals surface area contributed by atoms with Crippen molar-refractivity contribution >= 4 is 5.96 Å². The molecule has 0 fully saturated rings. The Kier molecular flexibility index (Phi) is 6.59. The fraction of sp³-hybridized carbons (Fsp3) is 0.412. The maximum atomic E-state index is 13.1. The molecule has 0 aliphatic rings. The Morgan fingerprint density at radius 3 is 2.74 bits per heavy atom. The number of hydrogen-bond acceptors (Lipinski definition) is 2. The number of aryl methyl sites for hydroxylation is 2. The quantitative estimate of drug-likeness (QED) is 0.466. The maximum absolute atomic E-state index is 13.1. The lowest BCUT2D eigenvalue weighted by Crippen LogP contribution is -2.38. The highest BCUT2D eigenvalue weighted by Crippen LogP contribution is 2.03. The molecule has 124 valence electrons. The average Bonchev–Trinajstić information content (AvgIpc) is 2.95. The third-order valence-corrected chi connectivity index (χ3v) is 3.51. The number of nitrogens with one attached hydrogen (secondary N) is 2. The van der Waals surface area contributed by atoms with E-state index in [0.29, 0.717) is 6.54 Å². The first-order chi connectivity index (χ1) is 11.2. The fourth-order valence-electron chi connectivity index (χ4n) is 2.34. The lowest BCUT2D eigenvalue weighted by molar-refractivity contribution is 0.625. The Morgan fingerprint density at radius 2 is 2.04 bits per heavy atom. The van der Waals surface area contributed by atoms with Crippen molar-refractivity contribution in [2.75, 3.05) is 20.1 Å². The van der Waals surface area contributed by atoms with Gasteiger partial charge in [-0.05, 0) is 42.5 Å². The van der Waals surface area contributed by atoms with E-state index >= 15 is 0 Å². The number of guanidine groups is 1. The van der Waals surface area contributed by atoms with E-state index in [1.165, 1.54) is 11.6 Å². The van der Waals surface area contributed by atoms with Crippen LogP contribution in [0.15, 0.2) is 41.7 Å². The molecule has 6 heteroatoms. The Labute approximate surface area is 136 Å². The minimum absolute atomic E-state index is 0.194. The summed E-state index contributed by atoms with van der Waals surface area (Å²) in [7, 11) is 3.67. The molecule has 2 aromatic rings. The van der Waals surface area contributed by atoms with Gasteiger partial charge in [-0.1, -0.05) is 12.1 Å². The summed E-state index contributed by atoms with van der Waals surface area (Å²) in [5.74, 6) is 0.577. The van der Waals surface area contributed by atoms with Crippen molar-refractivity contribution < 1.29 is 4.39 Å². The average molecular weight is 317 g/mol. The monoisotopic (exact) mass is 317 g/mol. The molecule has 0 atom stereocenters. The maximum Gasteiger partial charge on any atom is 0.190 e. The molecular formula is C17H24FN5. The number of halogens is 1. The van der Waals surface area contributed by atoms with Crippen LogP contribution in [0.25, 0.3) is 0 Å². The Balaban J connectivity index is 1.63. The van der Waals surface area contributed by atoms with Gasteiger partial charge in [-0.25, -0.2) is 4.39 Å². The molecule has 1 aromatic carbocycles. The Morgan fingerprint density at radius 1 is 1.22 bits per heavy atom. The van der Waals surface area contributed by atoms with Crippen LogP contribution in [-0.2, 0) is 19.9 Å². The lowest BCUT2D eigenvalue weighted by atomic mass is 10.1. The van der Waals surface area contributed by atoms with E-state index in [1.807, 2.05) is 30.2 Å². The van der Waals surface area contributed by atoms with Gasteiger partial charge in [0.05, 0.1) is 6.20 Å². The molecule has 0 radical (unpaired) electrons. The van der Waals surface area contributed by atoms with Crippen molar-refractivity contribution in [1.82, 2.24) is 20.4 Å². The van der Waals surface area contributed by atoms with Crippen LogP contribution in [0.2, 0.25) is 0 Å². The van der Waals surface area contributed by atoms with Gasteiger partial charge in [-0.15, -0.1) is 0 Å². The standard InChI is InChI=1S/C17H24FN5/c1-19-17(20-9-4-6-15-12-22-23(2)13-15)21-10-8-14-5-3-7-16(18)11-14/h3,5,7,11-13H,4,6,8-10H2,1-2H3,(H2,19,20,21). The highest BCUT2D eigenvalue weighted by atomic mass is 19.1. The molecule has 5 nitrogen and oxygen atoms in total. The van der Waals surface area contributed by atoms with Crippen LogP contribution in [-0.4, -0.2) is 35.9 Å². The van der Waals surface area contributed by atoms with Crippen LogP contribution < -0.4 is 10.6 Å². The number of hydrogen-bond donors (Lipinski definition) is 2. The van der Waals surface area contributed by atoms with Crippen molar-refractivity contribution in [2.24, 2.45) is 12.0 Å². The van der Waals surface area contributed by atoms with E-state index in [0.717, 1.165) is 37.3 Å². The van der Waals surface area contributed by atoms with E-state index in [1.54, 1.807) is 19.2 Å². The second-order valence-corrected chi connectivity index (χ2v) is 5.43. The predicted molar refractivity (Wildman–Crippen MR) is 91.0 cm³/mol. The van der Waals surface area contributed by atoms with Crippen LogP contribution in [0.1, 0.15) is 17.5 Å². The molecule has 0 aliphatic heterocycles. The first-order valence-electron chi connectivity index (χ1n) is 7.84. The number of aliphatic imine (C=N–C) groups is 1. The van der Waals surface area contributed by atoms with Gasteiger partial charge in [-0.2, -0.15) is 5.10 Å². The van der Waals surface area contributed by atoms with E-state index in [2.05, 4.69) is 20.7 Å². The van der Waals surface area contributed by atoms with Crippen LogP contribution in [0.4, 0.5) is 4.39 Å². The normalized spacial score (nSPS) is 11.5. The van der Waals surface area contributed by atoms with Crippen molar-refractivity contribution in [3.8, 4) is 0 Å². The van der Waals surface area contributed by atoms with Gasteiger partial charge in [0, 0.05) is 33.4 Å². The number of aromatic nitrogens is 2. The predicted octanol–water partition coefficient (Wildman–Crippen LogP) is 1.90. The van der Waals surface area contributed by atoms with Gasteiger partial charge >= 0.3 is 0 Å². The zero-order chi connectivity index (χ0) is 16.5. The summed E-state index contributed by atoms with van der Waals surface area (Å²) in [6, 6.07) is 6.68. The van der Waals surface area contributed by atoms with Crippen molar-refractivity contribution in [1.29, 1.82) is 0 Å². The molecule has 0 spiro atoms. The number of benzene rings is 1. The Hall–Kier alpha value is -2.37. The zero-order valence-electron chi connectivity index (χ0n) is 13.7.